The summed E-state index contributed by atoms with van der Waals surface area (Å²) in [6.07, 6.45) is -3.75. The maximum Gasteiger partial charge on any atom is 0.336 e. The Kier molecular flexibility index (Phi) is 6.86. The first-order valence-corrected chi connectivity index (χ1v) is 10.7. The predicted octanol–water partition coefficient (Wildman–Crippen LogP) is -0.00981. The van der Waals surface area contributed by atoms with Crippen molar-refractivity contribution in [3.05, 3.63) is 85.8 Å². The summed E-state index contributed by atoms with van der Waals surface area (Å²) in [5.74, 6) is -7.45. The molecule has 2 aliphatic rings. The summed E-state index contributed by atoms with van der Waals surface area (Å²) in [4.78, 5) is 63.8. The first-order valence-electron chi connectivity index (χ1n) is 10.7. The number of aromatic carboxylic acids is 3. The van der Waals surface area contributed by atoms with Gasteiger partial charge >= 0.3 is 29.0 Å². The van der Waals surface area contributed by atoms with Gasteiger partial charge in [-0.1, -0.05) is 24.3 Å². The van der Waals surface area contributed by atoms with Crippen LogP contribution in [-0.4, -0.2) is 91.6 Å². The third kappa shape index (κ3) is 4.32. The molecule has 4 rings (SSSR count). The molecule has 0 aromatic heterocycles. The predicted molar refractivity (Wildman–Crippen MR) is 118 cm³/mol. The molecule has 38 heavy (non-hydrogen) atoms. The molecule has 199 valence electrons. The zero-order chi connectivity index (χ0) is 27.9. The van der Waals surface area contributed by atoms with Crippen LogP contribution in [0.3, 0.4) is 0 Å². The number of hydrogen-bond acceptors (Lipinski definition) is 11. The van der Waals surface area contributed by atoms with Crippen LogP contribution in [-0.2, 0) is 14.3 Å². The van der Waals surface area contributed by atoms with Crippen molar-refractivity contribution in [2.75, 3.05) is 13.2 Å². The highest BCUT2D eigenvalue weighted by Crippen LogP contribution is 2.47. The van der Waals surface area contributed by atoms with Gasteiger partial charge in [-0.2, -0.15) is 0 Å². The number of nitrogens with zero attached hydrogens (tertiary/aromatic N) is 1. The fourth-order valence-electron chi connectivity index (χ4n) is 4.77. The molecule has 5 N–H and O–H groups in total. The zero-order valence-electron chi connectivity index (χ0n) is 19.0. The largest absolute Gasteiger partial charge is 0.478 e. The van der Waals surface area contributed by atoms with Crippen LogP contribution in [0.5, 0.6) is 0 Å². The number of carbonyl (C=O) groups is 4. The van der Waals surface area contributed by atoms with Gasteiger partial charge in [0, 0.05) is 0 Å². The second kappa shape index (κ2) is 9.79. The van der Waals surface area contributed by atoms with Gasteiger partial charge in [-0.3, -0.25) is 4.79 Å². The smallest absolute Gasteiger partial charge is 0.336 e. The fourth-order valence-corrected chi connectivity index (χ4v) is 4.77. The lowest BCUT2D eigenvalue weighted by Gasteiger charge is -2.37. The Morgan fingerprint density at radius 3 is 1.95 bits per heavy atom. The molecule has 0 spiro atoms. The second-order valence-electron chi connectivity index (χ2n) is 8.37. The molecular weight excluding hydrogens is 514 g/mol. The van der Waals surface area contributed by atoms with Crippen LogP contribution in [0, 0.1) is 16.0 Å². The van der Waals surface area contributed by atoms with Crippen molar-refractivity contribution in [2.45, 2.75) is 23.9 Å². The van der Waals surface area contributed by atoms with Crippen molar-refractivity contribution in [1.29, 1.82) is 0 Å². The molecule has 0 saturated carbocycles. The van der Waals surface area contributed by atoms with Crippen LogP contribution in [0.15, 0.2) is 36.4 Å². The maximum atomic E-state index is 12.8. The van der Waals surface area contributed by atoms with Gasteiger partial charge in [-0.15, -0.1) is 10.1 Å². The number of aliphatic hydroxyl groups is 2. The minimum absolute atomic E-state index is 0.308. The van der Waals surface area contributed by atoms with Crippen LogP contribution in [0.2, 0.25) is 0 Å². The lowest BCUT2D eigenvalue weighted by Crippen LogP contribution is -2.50. The van der Waals surface area contributed by atoms with E-state index in [1.165, 1.54) is 0 Å². The number of rotatable bonds is 8. The topological polar surface area (TPSA) is 240 Å². The van der Waals surface area contributed by atoms with Gasteiger partial charge in [-0.05, 0) is 23.3 Å². The molecule has 2 aliphatic heterocycles. The molecule has 15 heteroatoms. The van der Waals surface area contributed by atoms with E-state index in [1.54, 1.807) is 0 Å². The van der Waals surface area contributed by atoms with Gasteiger partial charge < -0.3 is 35.0 Å². The van der Waals surface area contributed by atoms with Gasteiger partial charge in [0.25, 0.3) is 0 Å². The Bertz CT molecular complexity index is 1360. The standard InChI is InChI=1S/C23H18NO14/c25-13-7-36-18-17(13)37-8-23(18,33)16(9-3-1-5-11(19(26)27)14(9)21(30)31)10-4-2-6-12(20(28)29)15(10)22(32)38-24(34)35/h1-6,13,17-18,25,33H,7-8H2,(H,26,27)(H,28,29)(H,30,31)/t13-,17+,18-,23+/m0/s1. The van der Waals surface area contributed by atoms with Crippen molar-refractivity contribution >= 4 is 23.9 Å². The summed E-state index contributed by atoms with van der Waals surface area (Å²) >= 11 is 0. The van der Waals surface area contributed by atoms with Crippen molar-refractivity contribution in [3.8, 4) is 0 Å². The number of benzene rings is 2. The van der Waals surface area contributed by atoms with Gasteiger partial charge in [-0.25, -0.2) is 19.2 Å². The molecular formula is C23H18NO14. The van der Waals surface area contributed by atoms with E-state index >= 15 is 0 Å². The molecule has 0 bridgehead atoms. The Morgan fingerprint density at radius 1 is 0.895 bits per heavy atom. The summed E-state index contributed by atoms with van der Waals surface area (Å²) in [5, 5.41) is 60.8. The fraction of sp³-hybridized carbons (Fsp3) is 0.261. The maximum absolute atomic E-state index is 12.8. The number of aliphatic hydroxyl groups excluding tert-OH is 1. The summed E-state index contributed by atoms with van der Waals surface area (Å²) in [6.45, 7) is -0.983. The Hall–Kier alpha value is -4.44. The second-order valence-corrected chi connectivity index (χ2v) is 8.37. The minimum Gasteiger partial charge on any atom is -0.478 e. The van der Waals surface area contributed by atoms with Crippen LogP contribution < -0.4 is 0 Å². The lowest BCUT2D eigenvalue weighted by atomic mass is 9.71. The number of ether oxygens (including phenoxy) is 2. The summed E-state index contributed by atoms with van der Waals surface area (Å²) in [5.41, 5.74) is -6.72. The molecule has 2 heterocycles. The third-order valence-corrected chi connectivity index (χ3v) is 6.23. The van der Waals surface area contributed by atoms with E-state index < -0.39 is 98.8 Å². The first-order chi connectivity index (χ1) is 17.9. The quantitative estimate of drug-likeness (QED) is 0.222. The van der Waals surface area contributed by atoms with Crippen LogP contribution >= 0.6 is 0 Å². The normalized spacial score (nSPS) is 24.1. The monoisotopic (exact) mass is 532 g/mol. The molecule has 0 amide bonds. The van der Waals surface area contributed by atoms with E-state index in [0.717, 1.165) is 36.4 Å². The molecule has 2 fully saturated rings. The van der Waals surface area contributed by atoms with E-state index in [4.69, 9.17) is 9.47 Å². The molecule has 4 atom stereocenters. The summed E-state index contributed by atoms with van der Waals surface area (Å²) in [7, 11) is 0. The van der Waals surface area contributed by atoms with Gasteiger partial charge in [0.15, 0.2) is 0 Å². The van der Waals surface area contributed by atoms with Gasteiger partial charge in [0.1, 0.15) is 23.9 Å². The highest BCUT2D eigenvalue weighted by molar-refractivity contribution is 6.06. The molecule has 0 unspecified atom stereocenters. The molecule has 2 saturated heterocycles. The van der Waals surface area contributed by atoms with E-state index in [1.807, 2.05) is 0 Å². The lowest BCUT2D eigenvalue weighted by molar-refractivity contribution is -0.727. The SMILES string of the molecule is O=C(O)c1cccc([C](c2cccc(C(=O)O)c2C(=O)O[N+](=O)[O-])[C@]2(O)CO[C@@H]3[C@@H](O)CO[C@@H]32)c1C(=O)O. The number of hydrogen-bond donors (Lipinski definition) is 5. The highest BCUT2D eigenvalue weighted by Gasteiger charge is 2.61. The van der Waals surface area contributed by atoms with Crippen LogP contribution in [0.1, 0.15) is 52.6 Å². The van der Waals surface area contributed by atoms with Crippen LogP contribution in [0.4, 0.5) is 0 Å². The molecule has 2 aromatic carbocycles. The van der Waals surface area contributed by atoms with Gasteiger partial charge in [0.2, 0.25) is 0 Å². The molecule has 15 nitrogen and oxygen atoms in total. The first kappa shape index (κ1) is 26.6. The number of carbonyl (C=O) groups excluding carboxylic acids is 1. The number of carboxylic acids is 3. The van der Waals surface area contributed by atoms with Crippen molar-refractivity contribution in [2.24, 2.45) is 0 Å². The average molecular weight is 532 g/mol. The average Bonchev–Trinajstić information content (AvgIpc) is 3.38. The minimum atomic E-state index is -2.41. The van der Waals surface area contributed by atoms with Crippen molar-refractivity contribution in [3.63, 3.8) is 0 Å². The molecule has 0 aliphatic carbocycles. The Balaban J connectivity index is 2.09. The van der Waals surface area contributed by atoms with Crippen LogP contribution in [0.25, 0.3) is 0 Å². The summed E-state index contributed by atoms with van der Waals surface area (Å²) < 4.78 is 11.0. The Labute approximate surface area is 211 Å². The third-order valence-electron chi connectivity index (χ3n) is 6.23. The number of carboxylic acid groups (broad SMARTS) is 3. The van der Waals surface area contributed by atoms with Gasteiger partial charge in [0.05, 0.1) is 41.4 Å². The molecule has 1 radical (unpaired) electrons. The van der Waals surface area contributed by atoms with E-state index in [9.17, 15) is 54.8 Å². The van der Waals surface area contributed by atoms with Crippen molar-refractivity contribution in [1.82, 2.24) is 0 Å². The van der Waals surface area contributed by atoms with Crippen molar-refractivity contribution < 1.29 is 64.1 Å². The molecule has 2 aromatic rings. The zero-order valence-corrected chi connectivity index (χ0v) is 19.0. The van der Waals surface area contributed by atoms with E-state index in [2.05, 4.69) is 4.84 Å². The van der Waals surface area contributed by atoms with E-state index in [-0.39, 0.29) is 6.61 Å². The Morgan fingerprint density at radius 2 is 1.42 bits per heavy atom. The van der Waals surface area contributed by atoms with E-state index in [0.29, 0.717) is 0 Å². The highest BCUT2D eigenvalue weighted by atomic mass is 17.0. The summed E-state index contributed by atoms with van der Waals surface area (Å²) in [6, 6.07) is 6.30. The number of fused-ring (bicyclic) bond motifs is 1.